The van der Waals surface area contributed by atoms with Crippen molar-refractivity contribution in [1.82, 2.24) is 29.7 Å². The van der Waals surface area contributed by atoms with Crippen molar-refractivity contribution in [2.24, 2.45) is 0 Å². The maximum Gasteiger partial charge on any atom is 0.164 e. The van der Waals surface area contributed by atoms with Crippen LogP contribution < -0.4 is 4.90 Å². The molecule has 1 atom stereocenters. The molecular weight excluding hydrogens is 410 g/mol. The van der Waals surface area contributed by atoms with Gasteiger partial charge < -0.3 is 24.5 Å². The van der Waals surface area contributed by atoms with Crippen molar-refractivity contribution < 1.29 is 14.6 Å². The molecule has 5 heterocycles. The molecular formula is C22H25N7O3. The number of nitrogens with one attached hydrogen (secondary N) is 1. The first kappa shape index (κ1) is 20.6. The Morgan fingerprint density at radius 2 is 2.03 bits per heavy atom. The fourth-order valence-corrected chi connectivity index (χ4v) is 3.92. The summed E-state index contributed by atoms with van der Waals surface area (Å²) in [7, 11) is 1.54. The molecule has 1 aliphatic heterocycles. The minimum absolute atomic E-state index is 0.214. The molecule has 4 aromatic heterocycles. The summed E-state index contributed by atoms with van der Waals surface area (Å²) >= 11 is 0. The lowest BCUT2D eigenvalue weighted by Crippen LogP contribution is -2.37. The van der Waals surface area contributed by atoms with E-state index in [2.05, 4.69) is 24.8 Å². The number of aliphatic hydroxyl groups excluding tert-OH is 1. The molecule has 0 radical (unpaired) electrons. The Balaban J connectivity index is 1.60. The maximum atomic E-state index is 9.76. The van der Waals surface area contributed by atoms with Crippen LogP contribution in [0.25, 0.3) is 28.0 Å². The number of rotatable bonds is 6. The quantitative estimate of drug-likeness (QED) is 0.473. The van der Waals surface area contributed by atoms with Crippen LogP contribution in [0.2, 0.25) is 0 Å². The van der Waals surface area contributed by atoms with Crippen molar-refractivity contribution in [3.63, 3.8) is 0 Å². The molecule has 1 aliphatic rings. The Bertz CT molecular complexity index is 1230. The average Bonchev–Trinajstić information content (AvgIpc) is 3.44. The lowest BCUT2D eigenvalue weighted by atomic mass is 10.1. The van der Waals surface area contributed by atoms with Gasteiger partial charge in [-0.25, -0.2) is 14.6 Å². The van der Waals surface area contributed by atoms with E-state index in [0.29, 0.717) is 24.9 Å². The molecule has 32 heavy (non-hydrogen) atoms. The summed E-state index contributed by atoms with van der Waals surface area (Å²) in [6, 6.07) is 5.87. The van der Waals surface area contributed by atoms with Gasteiger partial charge in [-0.05, 0) is 19.1 Å². The Kier molecular flexibility index (Phi) is 5.56. The Morgan fingerprint density at radius 1 is 1.22 bits per heavy atom. The third-order valence-corrected chi connectivity index (χ3v) is 5.65. The Morgan fingerprint density at radius 3 is 2.81 bits per heavy atom. The van der Waals surface area contributed by atoms with Crippen LogP contribution >= 0.6 is 0 Å². The van der Waals surface area contributed by atoms with E-state index in [1.807, 2.05) is 37.5 Å². The zero-order chi connectivity index (χ0) is 22.1. The minimum Gasteiger partial charge on any atom is -0.393 e. The standard InChI is InChI=1S/C22H25N7O3/c1-14-9-18(16-12-24-17-3-4-23-11-15(16)17)27-29(14)21-10-20(28-5-7-32-8-6-28)25-22(26-21)19(13-30)31-2/h3-4,9-12,19,24,30H,5-8,13H2,1-2H3. The fraction of sp³-hybridized carbons (Fsp3) is 0.364. The van der Waals surface area contributed by atoms with E-state index in [4.69, 9.17) is 14.6 Å². The summed E-state index contributed by atoms with van der Waals surface area (Å²) in [6.07, 6.45) is 4.91. The molecule has 0 aromatic carbocycles. The van der Waals surface area contributed by atoms with Gasteiger partial charge in [-0.15, -0.1) is 0 Å². The summed E-state index contributed by atoms with van der Waals surface area (Å²) in [4.78, 5) is 19.0. The Labute approximate surface area is 184 Å². The highest BCUT2D eigenvalue weighted by atomic mass is 16.5. The number of aromatic nitrogens is 6. The number of aliphatic hydroxyl groups is 1. The molecule has 0 aliphatic carbocycles. The predicted octanol–water partition coefficient (Wildman–Crippen LogP) is 2.03. The van der Waals surface area contributed by atoms with Crippen LogP contribution in [0.1, 0.15) is 17.6 Å². The molecule has 1 unspecified atom stereocenters. The van der Waals surface area contributed by atoms with Crippen molar-refractivity contribution in [1.29, 1.82) is 0 Å². The van der Waals surface area contributed by atoms with Crippen LogP contribution in [0.4, 0.5) is 5.82 Å². The van der Waals surface area contributed by atoms with Gasteiger partial charge in [0.25, 0.3) is 0 Å². The number of pyridine rings is 1. The van der Waals surface area contributed by atoms with Gasteiger partial charge >= 0.3 is 0 Å². The maximum absolute atomic E-state index is 9.76. The van der Waals surface area contributed by atoms with Gasteiger partial charge in [-0.2, -0.15) is 5.10 Å². The number of fused-ring (bicyclic) bond motifs is 1. The number of anilines is 1. The minimum atomic E-state index is -0.621. The summed E-state index contributed by atoms with van der Waals surface area (Å²) < 4.78 is 12.7. The van der Waals surface area contributed by atoms with Gasteiger partial charge in [0.15, 0.2) is 11.6 Å². The van der Waals surface area contributed by atoms with Crippen molar-refractivity contribution in [3.8, 4) is 17.1 Å². The van der Waals surface area contributed by atoms with Crippen molar-refractivity contribution in [2.45, 2.75) is 13.0 Å². The van der Waals surface area contributed by atoms with E-state index in [0.717, 1.165) is 46.8 Å². The van der Waals surface area contributed by atoms with E-state index < -0.39 is 6.10 Å². The van der Waals surface area contributed by atoms with Gasteiger partial charge in [0.2, 0.25) is 0 Å². The topological polar surface area (TPSA) is 114 Å². The fourth-order valence-electron chi connectivity index (χ4n) is 3.92. The normalized spacial score (nSPS) is 15.4. The zero-order valence-corrected chi connectivity index (χ0v) is 18.0. The first-order valence-corrected chi connectivity index (χ1v) is 10.5. The summed E-state index contributed by atoms with van der Waals surface area (Å²) in [5.74, 6) is 1.80. The highest BCUT2D eigenvalue weighted by molar-refractivity contribution is 5.93. The molecule has 2 N–H and O–H groups in total. The Hall–Kier alpha value is -3.34. The molecule has 0 spiro atoms. The number of H-pyrrole nitrogens is 1. The first-order chi connectivity index (χ1) is 15.7. The van der Waals surface area contributed by atoms with Crippen molar-refractivity contribution >= 4 is 16.7 Å². The number of methoxy groups -OCH3 is 1. The van der Waals surface area contributed by atoms with Crippen LogP contribution in [-0.4, -0.2) is 74.8 Å². The number of aromatic amines is 1. The lowest BCUT2D eigenvalue weighted by molar-refractivity contribution is 0.0422. The largest absolute Gasteiger partial charge is 0.393 e. The van der Waals surface area contributed by atoms with Gasteiger partial charge in [0, 0.05) is 67.0 Å². The third-order valence-electron chi connectivity index (χ3n) is 5.65. The molecule has 0 saturated carbocycles. The lowest BCUT2D eigenvalue weighted by Gasteiger charge is -2.28. The van der Waals surface area contributed by atoms with Gasteiger partial charge in [-0.1, -0.05) is 0 Å². The molecule has 4 aromatic rings. The monoisotopic (exact) mass is 435 g/mol. The number of aryl methyl sites for hydroxylation is 1. The zero-order valence-electron chi connectivity index (χ0n) is 18.0. The molecule has 5 rings (SSSR count). The molecule has 1 fully saturated rings. The summed E-state index contributed by atoms with van der Waals surface area (Å²) in [5, 5.41) is 15.6. The van der Waals surface area contributed by atoms with Crippen LogP contribution in [0.15, 0.2) is 36.8 Å². The number of hydrogen-bond donors (Lipinski definition) is 2. The average molecular weight is 435 g/mol. The molecule has 0 amide bonds. The second kappa shape index (κ2) is 8.65. The van der Waals surface area contributed by atoms with E-state index in [1.165, 1.54) is 7.11 Å². The van der Waals surface area contributed by atoms with E-state index in [1.54, 1.807) is 10.9 Å². The van der Waals surface area contributed by atoms with Crippen molar-refractivity contribution in [2.75, 3.05) is 44.9 Å². The smallest absolute Gasteiger partial charge is 0.164 e. The number of morpholine rings is 1. The van der Waals surface area contributed by atoms with Crippen molar-refractivity contribution in [3.05, 3.63) is 48.3 Å². The van der Waals surface area contributed by atoms with E-state index in [9.17, 15) is 5.11 Å². The molecule has 10 heteroatoms. The molecule has 166 valence electrons. The molecule has 10 nitrogen and oxygen atoms in total. The second-order valence-electron chi connectivity index (χ2n) is 7.66. The molecule has 1 saturated heterocycles. The number of hydrogen-bond acceptors (Lipinski definition) is 8. The second-order valence-corrected chi connectivity index (χ2v) is 7.66. The van der Waals surface area contributed by atoms with Crippen LogP contribution in [0.5, 0.6) is 0 Å². The molecule has 0 bridgehead atoms. The highest BCUT2D eigenvalue weighted by Gasteiger charge is 2.21. The number of nitrogens with zero attached hydrogens (tertiary/aromatic N) is 6. The highest BCUT2D eigenvalue weighted by Crippen LogP contribution is 2.29. The predicted molar refractivity (Wildman–Crippen MR) is 119 cm³/mol. The number of ether oxygens (including phenoxy) is 2. The van der Waals surface area contributed by atoms with E-state index >= 15 is 0 Å². The van der Waals surface area contributed by atoms with Crippen LogP contribution in [0.3, 0.4) is 0 Å². The third kappa shape index (κ3) is 3.72. The van der Waals surface area contributed by atoms with Gasteiger partial charge in [0.1, 0.15) is 11.9 Å². The van der Waals surface area contributed by atoms with Crippen LogP contribution in [-0.2, 0) is 9.47 Å². The van der Waals surface area contributed by atoms with E-state index in [-0.39, 0.29) is 6.61 Å². The van der Waals surface area contributed by atoms with Gasteiger partial charge in [0.05, 0.1) is 25.5 Å². The van der Waals surface area contributed by atoms with Gasteiger partial charge in [-0.3, -0.25) is 4.98 Å². The summed E-state index contributed by atoms with van der Waals surface area (Å²) in [5.41, 5.74) is 3.73. The SMILES string of the molecule is COC(CO)c1nc(N2CCOCC2)cc(-n2nc(-c3c[nH]c4ccncc34)cc2C)n1. The summed E-state index contributed by atoms with van der Waals surface area (Å²) in [6.45, 7) is 4.52. The first-order valence-electron chi connectivity index (χ1n) is 10.5. The van der Waals surface area contributed by atoms with Crippen LogP contribution in [0, 0.1) is 6.92 Å².